The highest BCUT2D eigenvalue weighted by molar-refractivity contribution is 5.75. The third kappa shape index (κ3) is 3.37. The quantitative estimate of drug-likeness (QED) is 0.312. The SMILES string of the molecule is CCCC(CC)c1ccc(N(C=N)N=N)cc1. The highest BCUT2D eigenvalue weighted by Crippen LogP contribution is 2.26. The Kier molecular flexibility index (Phi) is 5.33. The Morgan fingerprint density at radius 3 is 2.35 bits per heavy atom. The van der Waals surface area contributed by atoms with Crippen LogP contribution in [0.2, 0.25) is 0 Å². The average molecular weight is 232 g/mol. The fourth-order valence-electron chi connectivity index (χ4n) is 2.02. The van der Waals surface area contributed by atoms with E-state index in [1.807, 2.05) is 12.1 Å². The summed E-state index contributed by atoms with van der Waals surface area (Å²) < 4.78 is 0. The largest absolute Gasteiger partial charge is 0.289 e. The fraction of sp³-hybridized carbons (Fsp3) is 0.462. The molecule has 0 bridgehead atoms. The molecular weight excluding hydrogens is 212 g/mol. The molecule has 2 N–H and O–H groups in total. The summed E-state index contributed by atoms with van der Waals surface area (Å²) in [6.45, 7) is 4.41. The maximum absolute atomic E-state index is 7.12. The van der Waals surface area contributed by atoms with Crippen LogP contribution < -0.4 is 5.01 Å². The van der Waals surface area contributed by atoms with Gasteiger partial charge in [0.1, 0.15) is 6.34 Å². The van der Waals surface area contributed by atoms with Crippen LogP contribution in [-0.4, -0.2) is 6.34 Å². The van der Waals surface area contributed by atoms with E-state index >= 15 is 0 Å². The van der Waals surface area contributed by atoms with Gasteiger partial charge in [0, 0.05) is 0 Å². The van der Waals surface area contributed by atoms with E-state index in [1.54, 1.807) is 0 Å². The summed E-state index contributed by atoms with van der Waals surface area (Å²) in [6, 6.07) is 7.97. The second-order valence-corrected chi connectivity index (χ2v) is 4.06. The summed E-state index contributed by atoms with van der Waals surface area (Å²) in [7, 11) is 0. The molecule has 0 radical (unpaired) electrons. The molecule has 4 nitrogen and oxygen atoms in total. The topological polar surface area (TPSA) is 63.3 Å². The number of hydrogen-bond acceptors (Lipinski definition) is 3. The van der Waals surface area contributed by atoms with Gasteiger partial charge in [-0.25, -0.2) is 5.01 Å². The van der Waals surface area contributed by atoms with Crippen molar-refractivity contribution in [3.8, 4) is 0 Å². The molecule has 0 amide bonds. The van der Waals surface area contributed by atoms with Crippen molar-refractivity contribution in [2.45, 2.75) is 39.0 Å². The fourth-order valence-corrected chi connectivity index (χ4v) is 2.02. The van der Waals surface area contributed by atoms with Gasteiger partial charge in [0.2, 0.25) is 0 Å². The zero-order valence-electron chi connectivity index (χ0n) is 10.5. The van der Waals surface area contributed by atoms with Crippen LogP contribution in [0.4, 0.5) is 5.69 Å². The number of nitrogens with one attached hydrogen (secondary N) is 2. The molecule has 1 atom stereocenters. The number of nitrogens with zero attached hydrogens (tertiary/aromatic N) is 2. The summed E-state index contributed by atoms with van der Waals surface area (Å²) in [5, 5.41) is 11.6. The van der Waals surface area contributed by atoms with Crippen molar-refractivity contribution in [1.29, 1.82) is 10.9 Å². The van der Waals surface area contributed by atoms with Crippen molar-refractivity contribution in [2.24, 2.45) is 5.22 Å². The molecule has 1 unspecified atom stereocenters. The molecule has 0 saturated heterocycles. The Morgan fingerprint density at radius 1 is 1.29 bits per heavy atom. The van der Waals surface area contributed by atoms with Crippen LogP contribution in [0.15, 0.2) is 29.5 Å². The second kappa shape index (κ2) is 6.78. The molecule has 17 heavy (non-hydrogen) atoms. The van der Waals surface area contributed by atoms with Crippen LogP contribution in [0.5, 0.6) is 0 Å². The van der Waals surface area contributed by atoms with E-state index in [0.29, 0.717) is 5.92 Å². The lowest BCUT2D eigenvalue weighted by molar-refractivity contribution is 0.596. The lowest BCUT2D eigenvalue weighted by Gasteiger charge is -2.16. The Hall–Kier alpha value is -1.71. The molecule has 0 aromatic heterocycles. The van der Waals surface area contributed by atoms with Crippen molar-refractivity contribution in [2.75, 3.05) is 5.01 Å². The molecule has 0 fully saturated rings. The van der Waals surface area contributed by atoms with E-state index in [1.165, 1.54) is 23.4 Å². The van der Waals surface area contributed by atoms with Crippen LogP contribution in [0.25, 0.3) is 0 Å². The highest BCUT2D eigenvalue weighted by atomic mass is 15.5. The van der Waals surface area contributed by atoms with E-state index in [0.717, 1.165) is 18.4 Å². The smallest absolute Gasteiger partial charge is 0.110 e. The molecule has 92 valence electrons. The Balaban J connectivity index is 2.85. The third-order valence-corrected chi connectivity index (χ3v) is 2.99. The van der Waals surface area contributed by atoms with Crippen molar-refractivity contribution < 1.29 is 0 Å². The van der Waals surface area contributed by atoms with Gasteiger partial charge in [-0.15, -0.1) is 0 Å². The molecule has 0 aliphatic rings. The van der Waals surface area contributed by atoms with Gasteiger partial charge in [-0.1, -0.05) is 37.6 Å². The van der Waals surface area contributed by atoms with Crippen LogP contribution in [0.3, 0.4) is 0 Å². The van der Waals surface area contributed by atoms with E-state index in [9.17, 15) is 0 Å². The molecule has 0 saturated carbocycles. The third-order valence-electron chi connectivity index (χ3n) is 2.99. The Morgan fingerprint density at radius 2 is 1.94 bits per heavy atom. The van der Waals surface area contributed by atoms with E-state index in [4.69, 9.17) is 10.9 Å². The van der Waals surface area contributed by atoms with Gasteiger partial charge in [-0.05, 0) is 36.5 Å². The van der Waals surface area contributed by atoms with Crippen LogP contribution in [0.1, 0.15) is 44.6 Å². The number of anilines is 1. The molecular formula is C13H20N4. The van der Waals surface area contributed by atoms with Gasteiger partial charge in [-0.2, -0.15) is 5.53 Å². The van der Waals surface area contributed by atoms with Crippen molar-refractivity contribution >= 4 is 12.0 Å². The van der Waals surface area contributed by atoms with E-state index in [-0.39, 0.29) is 0 Å². The predicted octanol–water partition coefficient (Wildman–Crippen LogP) is 4.34. The molecule has 0 spiro atoms. The zero-order valence-corrected chi connectivity index (χ0v) is 10.5. The number of rotatable bonds is 7. The molecule has 1 aromatic rings. The summed E-state index contributed by atoms with van der Waals surface area (Å²) in [6.07, 6.45) is 4.57. The molecule has 1 aromatic carbocycles. The monoisotopic (exact) mass is 232 g/mol. The van der Waals surface area contributed by atoms with Crippen LogP contribution >= 0.6 is 0 Å². The summed E-state index contributed by atoms with van der Waals surface area (Å²) in [4.78, 5) is 0. The second-order valence-electron chi connectivity index (χ2n) is 4.06. The predicted molar refractivity (Wildman–Crippen MR) is 70.8 cm³/mol. The van der Waals surface area contributed by atoms with Gasteiger partial charge < -0.3 is 0 Å². The first-order chi connectivity index (χ1) is 8.26. The summed E-state index contributed by atoms with van der Waals surface area (Å²) in [5.74, 6) is 0.607. The van der Waals surface area contributed by atoms with Gasteiger partial charge in [0.15, 0.2) is 0 Å². The minimum absolute atomic E-state index is 0.607. The van der Waals surface area contributed by atoms with Crippen LogP contribution in [0, 0.1) is 10.9 Å². The first-order valence-electron chi connectivity index (χ1n) is 6.03. The van der Waals surface area contributed by atoms with Crippen LogP contribution in [-0.2, 0) is 0 Å². The maximum Gasteiger partial charge on any atom is 0.110 e. The molecule has 0 aliphatic heterocycles. The molecule has 4 heteroatoms. The molecule has 0 aliphatic carbocycles. The lowest BCUT2D eigenvalue weighted by atomic mass is 9.92. The van der Waals surface area contributed by atoms with Crippen molar-refractivity contribution in [3.05, 3.63) is 29.8 Å². The Bertz CT molecular complexity index is 350. The van der Waals surface area contributed by atoms with Gasteiger partial charge in [0.05, 0.1) is 5.69 Å². The maximum atomic E-state index is 7.12. The molecule has 1 rings (SSSR count). The normalized spacial score (nSPS) is 11.9. The Labute approximate surface area is 103 Å². The lowest BCUT2D eigenvalue weighted by Crippen LogP contribution is -2.11. The standard InChI is InChI=1S/C13H20N4/c1-3-5-11(4-2)12-6-8-13(9-7-12)17(10-14)16-15/h6-11,14-15H,3-5H2,1-2H3. The van der Waals surface area contributed by atoms with Crippen molar-refractivity contribution in [1.82, 2.24) is 0 Å². The van der Waals surface area contributed by atoms with Gasteiger partial charge in [-0.3, -0.25) is 5.41 Å². The number of benzene rings is 1. The van der Waals surface area contributed by atoms with E-state index < -0.39 is 0 Å². The van der Waals surface area contributed by atoms with Gasteiger partial charge >= 0.3 is 0 Å². The van der Waals surface area contributed by atoms with Gasteiger partial charge in [0.25, 0.3) is 0 Å². The highest BCUT2D eigenvalue weighted by Gasteiger charge is 2.09. The minimum atomic E-state index is 0.607. The summed E-state index contributed by atoms with van der Waals surface area (Å²) >= 11 is 0. The number of hydrogen-bond donors (Lipinski definition) is 2. The minimum Gasteiger partial charge on any atom is -0.289 e. The first kappa shape index (κ1) is 13.4. The molecule has 0 heterocycles. The van der Waals surface area contributed by atoms with E-state index in [2.05, 4.69) is 31.2 Å². The zero-order chi connectivity index (χ0) is 12.7. The van der Waals surface area contributed by atoms with Crippen molar-refractivity contribution in [3.63, 3.8) is 0 Å². The summed E-state index contributed by atoms with van der Waals surface area (Å²) in [5.41, 5.74) is 9.02. The average Bonchev–Trinajstić information content (AvgIpc) is 2.38. The first-order valence-corrected chi connectivity index (χ1v) is 6.03.